The number of unbranched alkanes of at least 4 members (excludes halogenated alkanes) is 10. The van der Waals surface area contributed by atoms with E-state index in [0.717, 1.165) is 50.8 Å². The number of likely N-dealkylation sites (N-methyl/N-ethyl adjacent to an activating group) is 1. The van der Waals surface area contributed by atoms with E-state index in [2.05, 4.69) is 34.4 Å². The summed E-state index contributed by atoms with van der Waals surface area (Å²) >= 11 is 0. The number of aromatic nitrogens is 2. The number of hydrogen-bond acceptors (Lipinski definition) is 7. The van der Waals surface area contributed by atoms with Crippen LogP contribution < -0.4 is 5.32 Å². The van der Waals surface area contributed by atoms with E-state index in [-0.39, 0.29) is 4.90 Å². The Hall–Kier alpha value is -1.71. The van der Waals surface area contributed by atoms with Crippen molar-refractivity contribution in [2.45, 2.75) is 95.8 Å². The van der Waals surface area contributed by atoms with Gasteiger partial charge in [0, 0.05) is 26.2 Å². The Morgan fingerprint density at radius 1 is 0.771 bits per heavy atom. The van der Waals surface area contributed by atoms with Gasteiger partial charge in [-0.05, 0) is 49.4 Å². The molecule has 0 spiro atoms. The van der Waals surface area contributed by atoms with E-state index in [4.69, 9.17) is 4.63 Å². The van der Waals surface area contributed by atoms with Crippen molar-refractivity contribution in [2.24, 2.45) is 0 Å². The fraction of sp³-hybridized carbons (Fsp3) is 0.769. The van der Waals surface area contributed by atoms with Gasteiger partial charge in [0.05, 0.1) is 5.69 Å². The molecule has 0 aliphatic rings. The summed E-state index contributed by atoms with van der Waals surface area (Å²) in [6, 6.07) is 3.43. The van der Waals surface area contributed by atoms with E-state index in [1.807, 2.05) is 14.1 Å². The predicted octanol–water partition coefficient (Wildman–Crippen LogP) is 5.91. The molecule has 0 aliphatic heterocycles. The van der Waals surface area contributed by atoms with E-state index in [9.17, 15) is 8.42 Å². The van der Waals surface area contributed by atoms with Gasteiger partial charge in [0.25, 0.3) is 0 Å². The van der Waals surface area contributed by atoms with Crippen LogP contribution in [0.25, 0.3) is 11.0 Å². The second kappa shape index (κ2) is 16.1. The molecule has 8 nitrogen and oxygen atoms in total. The Balaban J connectivity index is 2.14. The van der Waals surface area contributed by atoms with E-state index in [0.29, 0.717) is 30.7 Å². The van der Waals surface area contributed by atoms with Crippen LogP contribution in [0.2, 0.25) is 0 Å². The van der Waals surface area contributed by atoms with Gasteiger partial charge in [-0.1, -0.05) is 78.1 Å². The van der Waals surface area contributed by atoms with Crippen LogP contribution >= 0.6 is 0 Å². The minimum Gasteiger partial charge on any atom is -0.382 e. The van der Waals surface area contributed by atoms with Gasteiger partial charge in [-0.3, -0.25) is 0 Å². The van der Waals surface area contributed by atoms with Crippen molar-refractivity contribution in [3.05, 3.63) is 12.1 Å². The molecule has 0 atom stereocenters. The summed E-state index contributed by atoms with van der Waals surface area (Å²) in [6.07, 6.45) is 13.5. The third-order valence-electron chi connectivity index (χ3n) is 6.39. The number of nitrogens with one attached hydrogen (secondary N) is 1. The minimum atomic E-state index is -3.71. The number of fused-ring (bicyclic) bond motifs is 1. The van der Waals surface area contributed by atoms with Crippen LogP contribution in [0.3, 0.4) is 0 Å². The molecule has 2 aromatic rings. The third kappa shape index (κ3) is 9.69. The molecule has 200 valence electrons. The average Bonchev–Trinajstić information content (AvgIpc) is 3.32. The fourth-order valence-corrected chi connectivity index (χ4v) is 5.87. The van der Waals surface area contributed by atoms with E-state index >= 15 is 0 Å². The van der Waals surface area contributed by atoms with Gasteiger partial charge in [-0.15, -0.1) is 0 Å². The summed E-state index contributed by atoms with van der Waals surface area (Å²) in [5.74, 6) is 0. The number of sulfonamides is 1. The molecule has 9 heteroatoms. The zero-order valence-electron chi connectivity index (χ0n) is 22.4. The lowest BCUT2D eigenvalue weighted by molar-refractivity contribution is 0.315. The van der Waals surface area contributed by atoms with Crippen LogP contribution in [-0.2, 0) is 10.0 Å². The molecule has 0 radical (unpaired) electrons. The highest BCUT2D eigenvalue weighted by molar-refractivity contribution is 7.89. The molecular formula is C26H47N5O3S. The first kappa shape index (κ1) is 29.5. The van der Waals surface area contributed by atoms with Gasteiger partial charge < -0.3 is 10.2 Å². The molecule has 0 unspecified atom stereocenters. The summed E-state index contributed by atoms with van der Waals surface area (Å²) in [4.78, 5) is 2.26. The van der Waals surface area contributed by atoms with Crippen LogP contribution in [0.5, 0.6) is 0 Å². The van der Waals surface area contributed by atoms with Crippen molar-refractivity contribution in [1.29, 1.82) is 0 Å². The summed E-state index contributed by atoms with van der Waals surface area (Å²) in [6.45, 7) is 7.05. The Morgan fingerprint density at radius 2 is 1.31 bits per heavy atom. The monoisotopic (exact) mass is 509 g/mol. The lowest BCUT2D eigenvalue weighted by Gasteiger charge is -2.22. The van der Waals surface area contributed by atoms with Gasteiger partial charge in [0.1, 0.15) is 4.90 Å². The molecule has 0 amide bonds. The van der Waals surface area contributed by atoms with Crippen LogP contribution in [-0.4, -0.2) is 68.2 Å². The van der Waals surface area contributed by atoms with Crippen LogP contribution in [0, 0.1) is 0 Å². The average molecular weight is 510 g/mol. The Bertz CT molecular complexity index is 930. The number of nitrogens with zero attached hydrogens (tertiary/aromatic N) is 4. The van der Waals surface area contributed by atoms with Crippen molar-refractivity contribution in [3.8, 4) is 0 Å². The van der Waals surface area contributed by atoms with Crippen molar-refractivity contribution in [1.82, 2.24) is 19.5 Å². The molecule has 1 aromatic heterocycles. The van der Waals surface area contributed by atoms with Crippen molar-refractivity contribution < 1.29 is 13.0 Å². The van der Waals surface area contributed by atoms with E-state index < -0.39 is 10.0 Å². The predicted molar refractivity (Wildman–Crippen MR) is 144 cm³/mol. The molecule has 0 bridgehead atoms. The lowest BCUT2D eigenvalue weighted by Crippen LogP contribution is -2.33. The topological polar surface area (TPSA) is 91.6 Å². The zero-order chi connectivity index (χ0) is 25.5. The van der Waals surface area contributed by atoms with Crippen LogP contribution in [0.15, 0.2) is 21.7 Å². The second-order valence-corrected chi connectivity index (χ2v) is 11.6. The molecular weight excluding hydrogens is 462 g/mol. The molecule has 35 heavy (non-hydrogen) atoms. The minimum absolute atomic E-state index is 0.184. The van der Waals surface area contributed by atoms with Crippen molar-refractivity contribution >= 4 is 26.7 Å². The van der Waals surface area contributed by atoms with Crippen LogP contribution in [0.1, 0.15) is 90.9 Å². The third-order valence-corrected chi connectivity index (χ3v) is 8.32. The standard InChI is InChI=1S/C26H47N5O3S/c1-5-7-9-11-13-15-20-31(21-16-14-12-10-8-6-2)35(32,33)24-18-17-23(27-19-22-30(3)4)25-26(24)29-34-28-25/h17-18,27H,5-16,19-22H2,1-4H3. The molecule has 2 rings (SSSR count). The molecule has 1 N–H and O–H groups in total. The molecule has 1 aromatic carbocycles. The second-order valence-electron chi connectivity index (χ2n) is 9.74. The Morgan fingerprint density at radius 3 is 1.89 bits per heavy atom. The molecule has 0 saturated heterocycles. The van der Waals surface area contributed by atoms with Gasteiger partial charge in [-0.25, -0.2) is 13.0 Å². The first-order valence-electron chi connectivity index (χ1n) is 13.6. The maximum absolute atomic E-state index is 13.8. The van der Waals surface area contributed by atoms with Crippen molar-refractivity contribution in [2.75, 3.05) is 45.6 Å². The first-order chi connectivity index (χ1) is 16.9. The summed E-state index contributed by atoms with van der Waals surface area (Å²) in [5.41, 5.74) is 1.50. The Kier molecular flexibility index (Phi) is 13.6. The fourth-order valence-electron chi connectivity index (χ4n) is 4.24. The summed E-state index contributed by atoms with van der Waals surface area (Å²) in [5, 5.41) is 11.3. The molecule has 0 aliphatic carbocycles. The van der Waals surface area contributed by atoms with Crippen LogP contribution in [0.4, 0.5) is 5.69 Å². The summed E-state index contributed by atoms with van der Waals surface area (Å²) in [7, 11) is 0.305. The highest BCUT2D eigenvalue weighted by Gasteiger charge is 2.28. The number of hydrogen-bond donors (Lipinski definition) is 1. The number of rotatable bonds is 20. The molecule has 0 fully saturated rings. The van der Waals surface area contributed by atoms with Crippen molar-refractivity contribution in [3.63, 3.8) is 0 Å². The Labute approximate surface area is 212 Å². The first-order valence-corrected chi connectivity index (χ1v) is 15.0. The quantitative estimate of drug-likeness (QED) is 0.222. The highest BCUT2D eigenvalue weighted by atomic mass is 32.2. The maximum atomic E-state index is 13.8. The number of anilines is 1. The molecule has 0 saturated carbocycles. The summed E-state index contributed by atoms with van der Waals surface area (Å²) < 4.78 is 34.2. The largest absolute Gasteiger partial charge is 0.382 e. The van der Waals surface area contributed by atoms with Gasteiger partial charge >= 0.3 is 0 Å². The zero-order valence-corrected chi connectivity index (χ0v) is 23.2. The van der Waals surface area contributed by atoms with E-state index in [1.54, 1.807) is 16.4 Å². The lowest BCUT2D eigenvalue weighted by atomic mass is 10.1. The SMILES string of the molecule is CCCCCCCCN(CCCCCCCC)S(=O)(=O)c1ccc(NCCN(C)C)c2nonc12. The number of benzene rings is 1. The highest BCUT2D eigenvalue weighted by Crippen LogP contribution is 2.29. The molecule has 1 heterocycles. The van der Waals surface area contributed by atoms with Gasteiger partial charge in [0.2, 0.25) is 10.0 Å². The normalized spacial score (nSPS) is 12.3. The smallest absolute Gasteiger partial charge is 0.245 e. The van der Waals surface area contributed by atoms with Gasteiger partial charge in [-0.2, -0.15) is 4.31 Å². The maximum Gasteiger partial charge on any atom is 0.245 e. The van der Waals surface area contributed by atoms with E-state index in [1.165, 1.54) is 38.5 Å². The van der Waals surface area contributed by atoms with Gasteiger partial charge in [0.15, 0.2) is 11.0 Å².